The molecule has 0 aromatic heterocycles. The van der Waals surface area contributed by atoms with E-state index in [0.717, 1.165) is 42.7 Å². The average Bonchev–Trinajstić information content (AvgIpc) is 4.08. The largest absolute Gasteiger partial charge is 0.342 e. The Labute approximate surface area is 457 Å². The molecular formula is C68H84Br2N2O. The van der Waals surface area contributed by atoms with Gasteiger partial charge in [-0.1, -0.05) is 202 Å². The summed E-state index contributed by atoms with van der Waals surface area (Å²) in [5.74, 6) is 2.68. The van der Waals surface area contributed by atoms with Gasteiger partial charge in [0.15, 0.2) is 0 Å². The number of amides is 1. The van der Waals surface area contributed by atoms with E-state index < -0.39 is 0 Å². The van der Waals surface area contributed by atoms with Crippen LogP contribution in [0.5, 0.6) is 0 Å². The number of carbonyl (C=O) groups excluding carboxylic acids is 1. The van der Waals surface area contributed by atoms with Crippen molar-refractivity contribution in [3.63, 3.8) is 0 Å². The van der Waals surface area contributed by atoms with Crippen LogP contribution in [0.1, 0.15) is 228 Å². The van der Waals surface area contributed by atoms with E-state index in [-0.39, 0.29) is 16.7 Å². The maximum Gasteiger partial charge on any atom is 0.264 e. The molecule has 4 aromatic rings. The first-order valence-corrected chi connectivity index (χ1v) is 31.0. The molecule has 1 amide bonds. The third kappa shape index (κ3) is 9.16. The van der Waals surface area contributed by atoms with Crippen molar-refractivity contribution in [1.82, 2.24) is 9.80 Å². The van der Waals surface area contributed by atoms with Gasteiger partial charge in [-0.3, -0.25) is 9.69 Å². The highest BCUT2D eigenvalue weighted by Gasteiger charge is 2.51. The molecule has 0 saturated carbocycles. The van der Waals surface area contributed by atoms with Gasteiger partial charge < -0.3 is 4.90 Å². The van der Waals surface area contributed by atoms with Gasteiger partial charge in [0.2, 0.25) is 0 Å². The number of benzene rings is 4. The van der Waals surface area contributed by atoms with Crippen molar-refractivity contribution < 1.29 is 4.79 Å². The third-order valence-corrected chi connectivity index (χ3v) is 20.2. The molecule has 6 aliphatic rings. The molecule has 5 heteroatoms. The molecule has 4 heterocycles. The van der Waals surface area contributed by atoms with Crippen molar-refractivity contribution in [3.05, 3.63) is 138 Å². The molecule has 3 nitrogen and oxygen atoms in total. The van der Waals surface area contributed by atoms with Crippen molar-refractivity contribution in [3.8, 4) is 22.3 Å². The van der Waals surface area contributed by atoms with Crippen LogP contribution in [0, 0.1) is 23.7 Å². The minimum absolute atomic E-state index is 0.108. The second-order valence-corrected chi connectivity index (χ2v) is 25.3. The van der Waals surface area contributed by atoms with Gasteiger partial charge in [-0.25, -0.2) is 0 Å². The van der Waals surface area contributed by atoms with E-state index >= 15 is 4.79 Å². The summed E-state index contributed by atoms with van der Waals surface area (Å²) < 4.78 is 2.34. The summed E-state index contributed by atoms with van der Waals surface area (Å²) in [7, 11) is 0. The summed E-state index contributed by atoms with van der Waals surface area (Å²) in [6, 6.07) is 24.6. The Balaban J connectivity index is 1.15. The number of unbranched alkanes of at least 4 members (excludes halogenated alkanes) is 4. The molecule has 0 N–H and O–H groups in total. The molecule has 386 valence electrons. The van der Waals surface area contributed by atoms with Crippen LogP contribution in [0.4, 0.5) is 0 Å². The molecule has 0 spiro atoms. The Morgan fingerprint density at radius 1 is 0.479 bits per heavy atom. The fourth-order valence-corrected chi connectivity index (χ4v) is 15.8. The van der Waals surface area contributed by atoms with Crippen molar-refractivity contribution >= 4 is 61.3 Å². The number of fused-ring (bicyclic) bond motifs is 13. The van der Waals surface area contributed by atoms with Crippen LogP contribution in [-0.4, -0.2) is 22.3 Å². The maximum atomic E-state index is 15.5. The molecule has 4 aromatic carbocycles. The van der Waals surface area contributed by atoms with Gasteiger partial charge in [0.05, 0.1) is 23.5 Å². The van der Waals surface area contributed by atoms with E-state index in [1.54, 1.807) is 0 Å². The van der Waals surface area contributed by atoms with Crippen LogP contribution < -0.4 is 0 Å². The maximum absolute atomic E-state index is 15.5. The van der Waals surface area contributed by atoms with Crippen molar-refractivity contribution in [2.75, 3.05) is 6.54 Å². The first-order chi connectivity index (χ1) is 35.5. The molecule has 4 unspecified atom stereocenters. The summed E-state index contributed by atoms with van der Waals surface area (Å²) in [4.78, 5) is 20.0. The standard InChI is InChI=1S/C68H84Br2N2O/c1-9-17-21-44(13-5)39-67(40-45(14-6)22-18-10-2)59-35-50(69)26-28-53(59)57-34-49-30-32-72-64(54(49)37-61(57)67)58-43-71-31-29-48-33-56-52-27-25-51(70)36-60(52)68(41-46(15-7)23-19-11-3,42-47(16-8)24-20-12-4)62(56)38-55(48)65(71)63(58)66(72)73/h25-38,44-47H,9-24,39-43H2,1-8H3. The zero-order chi connectivity index (χ0) is 51.2. The van der Waals surface area contributed by atoms with Gasteiger partial charge in [0.1, 0.15) is 0 Å². The van der Waals surface area contributed by atoms with Crippen molar-refractivity contribution in [2.45, 2.75) is 195 Å². The Morgan fingerprint density at radius 2 is 0.877 bits per heavy atom. The van der Waals surface area contributed by atoms with E-state index in [1.165, 1.54) is 184 Å². The first kappa shape index (κ1) is 52.5. The fraction of sp³-hybridized carbons (Fsp3) is 0.515. The summed E-state index contributed by atoms with van der Waals surface area (Å²) in [5.41, 5.74) is 20.6. The predicted octanol–water partition coefficient (Wildman–Crippen LogP) is 20.4. The number of nitrogens with zero attached hydrogens (tertiary/aromatic N) is 2. The Bertz CT molecular complexity index is 2840. The van der Waals surface area contributed by atoms with Crippen LogP contribution in [0.2, 0.25) is 0 Å². The smallest absolute Gasteiger partial charge is 0.264 e. The number of carbonyl (C=O) groups is 1. The zero-order valence-electron chi connectivity index (χ0n) is 45.8. The zero-order valence-corrected chi connectivity index (χ0v) is 49.0. The van der Waals surface area contributed by atoms with Crippen molar-refractivity contribution in [1.29, 1.82) is 0 Å². The van der Waals surface area contributed by atoms with Gasteiger partial charge in [-0.15, -0.1) is 0 Å². The summed E-state index contributed by atoms with van der Waals surface area (Å²) in [5, 5.41) is 0. The molecule has 0 bridgehead atoms. The van der Waals surface area contributed by atoms with Crippen LogP contribution in [0.15, 0.2) is 93.2 Å². The van der Waals surface area contributed by atoms with Gasteiger partial charge in [0.25, 0.3) is 5.91 Å². The SMILES string of the molecule is CCCCC(CC)CC1(CC(CC)CCCC)c2cc(Br)ccc2-c2cc3c(cc21)C1=C2C(=O)N4C=Cc5cc6c(cc5C4=C2CN1C=C3)C(CC(CC)CCCC)(CC(CC)CCCC)c1cc(Br)ccc1-6. The Morgan fingerprint density at radius 3 is 1.29 bits per heavy atom. The highest BCUT2D eigenvalue weighted by Crippen LogP contribution is 2.61. The second kappa shape index (κ2) is 22.0. The van der Waals surface area contributed by atoms with Crippen LogP contribution in [0.25, 0.3) is 45.8 Å². The van der Waals surface area contributed by atoms with E-state index in [0.29, 0.717) is 30.2 Å². The molecular weight excluding hydrogens is 1020 g/mol. The number of halogens is 2. The number of hydrogen-bond donors (Lipinski definition) is 0. The van der Waals surface area contributed by atoms with Crippen LogP contribution in [0.3, 0.4) is 0 Å². The lowest BCUT2D eigenvalue weighted by Gasteiger charge is -2.39. The normalized spacial score (nSPS) is 21.2. The average molecular weight is 1110 g/mol. The highest BCUT2D eigenvalue weighted by atomic mass is 79.9. The molecule has 10 rings (SSSR count). The molecule has 0 radical (unpaired) electrons. The Hall–Kier alpha value is -3.93. The molecule has 4 atom stereocenters. The van der Waals surface area contributed by atoms with E-state index in [9.17, 15) is 0 Å². The quantitative estimate of drug-likeness (QED) is 0.0698. The summed E-state index contributed by atoms with van der Waals surface area (Å²) in [6.07, 6.45) is 33.5. The lowest BCUT2D eigenvalue weighted by atomic mass is 9.65. The monoisotopic (exact) mass is 1100 g/mol. The molecule has 0 saturated heterocycles. The van der Waals surface area contributed by atoms with Crippen LogP contribution >= 0.6 is 31.9 Å². The van der Waals surface area contributed by atoms with Crippen molar-refractivity contribution in [2.24, 2.45) is 23.7 Å². The van der Waals surface area contributed by atoms with E-state index in [4.69, 9.17) is 0 Å². The molecule has 4 aliphatic heterocycles. The highest BCUT2D eigenvalue weighted by molar-refractivity contribution is 9.10. The van der Waals surface area contributed by atoms with E-state index in [2.05, 4.69) is 177 Å². The van der Waals surface area contributed by atoms with E-state index in [1.807, 2.05) is 4.90 Å². The minimum Gasteiger partial charge on any atom is -0.342 e. The van der Waals surface area contributed by atoms with Gasteiger partial charge in [0, 0.05) is 48.9 Å². The topological polar surface area (TPSA) is 23.6 Å². The predicted molar refractivity (Wildman–Crippen MR) is 318 cm³/mol. The Kier molecular flexibility index (Phi) is 15.8. The van der Waals surface area contributed by atoms with Gasteiger partial charge >= 0.3 is 0 Å². The van der Waals surface area contributed by atoms with Crippen LogP contribution in [-0.2, 0) is 15.6 Å². The van der Waals surface area contributed by atoms with Gasteiger partial charge in [-0.05, 0) is 166 Å². The molecule has 2 aliphatic carbocycles. The molecule has 73 heavy (non-hydrogen) atoms. The lowest BCUT2D eigenvalue weighted by molar-refractivity contribution is -0.121. The minimum atomic E-state index is -0.108. The first-order valence-electron chi connectivity index (χ1n) is 29.4. The fourth-order valence-electron chi connectivity index (χ4n) is 15.1. The lowest BCUT2D eigenvalue weighted by Crippen LogP contribution is -2.32. The summed E-state index contributed by atoms with van der Waals surface area (Å²) >= 11 is 7.98. The third-order valence-electron chi connectivity index (χ3n) is 19.2. The molecule has 0 fully saturated rings. The number of rotatable bonds is 24. The van der Waals surface area contributed by atoms with Gasteiger partial charge in [-0.2, -0.15) is 0 Å². The number of hydrogen-bond acceptors (Lipinski definition) is 2. The second-order valence-electron chi connectivity index (χ2n) is 23.5. The summed E-state index contributed by atoms with van der Waals surface area (Å²) in [6.45, 7) is 19.8.